The fourth-order valence-electron chi connectivity index (χ4n) is 2.17. The fourth-order valence-corrected chi connectivity index (χ4v) is 3.22. The van der Waals surface area contributed by atoms with E-state index in [-0.39, 0.29) is 5.60 Å². The summed E-state index contributed by atoms with van der Waals surface area (Å²) in [6, 6.07) is 8.69. The van der Waals surface area contributed by atoms with Crippen LogP contribution in [0.5, 0.6) is 0 Å². The monoisotopic (exact) mass is 278 g/mol. The van der Waals surface area contributed by atoms with E-state index >= 15 is 0 Å². The van der Waals surface area contributed by atoms with Gasteiger partial charge < -0.3 is 10.1 Å². The maximum Gasteiger partial charge on any atom is 0.0954 e. The van der Waals surface area contributed by atoms with E-state index in [1.807, 2.05) is 13.1 Å². The van der Waals surface area contributed by atoms with Gasteiger partial charge in [-0.25, -0.2) is 4.98 Å². The molecule has 0 saturated heterocycles. The Balaban J connectivity index is 2.09. The highest BCUT2D eigenvalue weighted by Gasteiger charge is 2.22. The molecule has 1 aromatic heterocycles. The Morgan fingerprint density at radius 3 is 2.74 bits per heavy atom. The average molecular weight is 278 g/mol. The molecule has 4 heteroatoms. The molecule has 1 N–H and O–H groups in total. The number of ether oxygens (including phenoxy) is 1. The predicted octanol–water partition coefficient (Wildman–Crippen LogP) is 3.24. The lowest BCUT2D eigenvalue weighted by atomic mass is 9.97. The molecule has 0 aliphatic carbocycles. The second kappa shape index (κ2) is 5.99. The Hall–Kier alpha value is -0.970. The number of nitrogens with zero attached hydrogens (tertiary/aromatic N) is 1. The molecule has 2 aromatic rings. The normalized spacial score (nSPS) is 13.9. The van der Waals surface area contributed by atoms with Gasteiger partial charge in [-0.2, -0.15) is 0 Å². The van der Waals surface area contributed by atoms with Crippen molar-refractivity contribution in [2.24, 2.45) is 0 Å². The van der Waals surface area contributed by atoms with Crippen molar-refractivity contribution in [3.05, 3.63) is 29.3 Å². The summed E-state index contributed by atoms with van der Waals surface area (Å²) in [6.45, 7) is 4.24. The van der Waals surface area contributed by atoms with Crippen LogP contribution in [0.2, 0.25) is 0 Å². The standard InChI is InChI=1S/C15H22N2OS/c1-15(2,18-4)10-11(16-3)9-14-17-12-7-5-6-8-13(12)19-14/h5-8,11,16H,9-10H2,1-4H3. The Morgan fingerprint density at radius 1 is 1.37 bits per heavy atom. The first kappa shape index (κ1) is 14.4. The van der Waals surface area contributed by atoms with Crippen molar-refractivity contribution >= 4 is 21.6 Å². The quantitative estimate of drug-likeness (QED) is 0.881. The van der Waals surface area contributed by atoms with Gasteiger partial charge in [-0.1, -0.05) is 12.1 Å². The molecule has 1 unspecified atom stereocenters. The number of thiazole rings is 1. The van der Waals surface area contributed by atoms with E-state index < -0.39 is 0 Å². The third kappa shape index (κ3) is 3.75. The van der Waals surface area contributed by atoms with Crippen LogP contribution in [0.4, 0.5) is 0 Å². The second-order valence-electron chi connectivity index (χ2n) is 5.43. The van der Waals surface area contributed by atoms with Gasteiger partial charge >= 0.3 is 0 Å². The van der Waals surface area contributed by atoms with Crippen LogP contribution in [0, 0.1) is 0 Å². The van der Waals surface area contributed by atoms with Gasteiger partial charge in [-0.15, -0.1) is 11.3 Å². The average Bonchev–Trinajstić information content (AvgIpc) is 2.79. The highest BCUT2D eigenvalue weighted by atomic mass is 32.1. The predicted molar refractivity (Wildman–Crippen MR) is 81.9 cm³/mol. The van der Waals surface area contributed by atoms with Crippen LogP contribution in [0.15, 0.2) is 24.3 Å². The molecule has 19 heavy (non-hydrogen) atoms. The summed E-state index contributed by atoms with van der Waals surface area (Å²) >= 11 is 1.78. The molecular formula is C15H22N2OS. The van der Waals surface area contributed by atoms with Crippen LogP contribution in [0.25, 0.3) is 10.2 Å². The molecule has 1 heterocycles. The van der Waals surface area contributed by atoms with Crippen LogP contribution in [-0.4, -0.2) is 30.8 Å². The third-order valence-corrected chi connectivity index (χ3v) is 4.52. The van der Waals surface area contributed by atoms with Gasteiger partial charge in [0.2, 0.25) is 0 Å². The zero-order valence-electron chi connectivity index (χ0n) is 12.1. The van der Waals surface area contributed by atoms with Crippen molar-refractivity contribution in [1.29, 1.82) is 0 Å². The lowest BCUT2D eigenvalue weighted by Crippen LogP contribution is -2.37. The van der Waals surface area contributed by atoms with Crippen LogP contribution < -0.4 is 5.32 Å². The first-order valence-electron chi connectivity index (χ1n) is 6.61. The summed E-state index contributed by atoms with van der Waals surface area (Å²) < 4.78 is 6.77. The minimum atomic E-state index is -0.107. The SMILES string of the molecule is CNC(Cc1nc2ccccc2s1)CC(C)(C)OC. The maximum atomic E-state index is 5.51. The van der Waals surface area contributed by atoms with Crippen LogP contribution >= 0.6 is 11.3 Å². The van der Waals surface area contributed by atoms with E-state index in [9.17, 15) is 0 Å². The van der Waals surface area contributed by atoms with Crippen LogP contribution in [0.1, 0.15) is 25.3 Å². The van der Waals surface area contributed by atoms with Gasteiger partial charge in [-0.3, -0.25) is 0 Å². The molecule has 1 atom stereocenters. The maximum absolute atomic E-state index is 5.51. The number of fused-ring (bicyclic) bond motifs is 1. The molecule has 104 valence electrons. The topological polar surface area (TPSA) is 34.2 Å². The van der Waals surface area contributed by atoms with Gasteiger partial charge in [0.15, 0.2) is 0 Å². The highest BCUT2D eigenvalue weighted by Crippen LogP contribution is 2.24. The van der Waals surface area contributed by atoms with Crippen molar-refractivity contribution < 1.29 is 4.74 Å². The van der Waals surface area contributed by atoms with Crippen LogP contribution in [-0.2, 0) is 11.2 Å². The van der Waals surface area contributed by atoms with Gasteiger partial charge in [0.1, 0.15) is 0 Å². The van der Waals surface area contributed by atoms with E-state index in [4.69, 9.17) is 9.72 Å². The molecule has 0 aliphatic rings. The highest BCUT2D eigenvalue weighted by molar-refractivity contribution is 7.18. The van der Waals surface area contributed by atoms with Crippen molar-refractivity contribution in [2.75, 3.05) is 14.2 Å². The van der Waals surface area contributed by atoms with E-state index in [2.05, 4.69) is 37.4 Å². The summed E-state index contributed by atoms with van der Waals surface area (Å²) in [5, 5.41) is 4.56. The fraction of sp³-hybridized carbons (Fsp3) is 0.533. The molecule has 1 aromatic carbocycles. The smallest absolute Gasteiger partial charge is 0.0954 e. The number of methoxy groups -OCH3 is 1. The lowest BCUT2D eigenvalue weighted by Gasteiger charge is -2.28. The number of para-hydroxylation sites is 1. The number of nitrogens with one attached hydrogen (secondary N) is 1. The number of hydrogen-bond acceptors (Lipinski definition) is 4. The van der Waals surface area contributed by atoms with E-state index in [0.717, 1.165) is 18.4 Å². The van der Waals surface area contributed by atoms with E-state index in [1.54, 1.807) is 18.4 Å². The van der Waals surface area contributed by atoms with E-state index in [1.165, 1.54) is 9.71 Å². The Labute approximate surface area is 119 Å². The number of hydrogen-bond donors (Lipinski definition) is 1. The van der Waals surface area contributed by atoms with Crippen molar-refractivity contribution in [3.63, 3.8) is 0 Å². The zero-order valence-corrected chi connectivity index (χ0v) is 12.9. The van der Waals surface area contributed by atoms with Gasteiger partial charge in [0.05, 0.1) is 20.8 Å². The number of rotatable bonds is 6. The summed E-state index contributed by atoms with van der Waals surface area (Å²) in [5.74, 6) is 0. The van der Waals surface area contributed by atoms with Crippen molar-refractivity contribution in [3.8, 4) is 0 Å². The van der Waals surface area contributed by atoms with Crippen molar-refractivity contribution in [2.45, 2.75) is 38.3 Å². The summed E-state index contributed by atoms with van der Waals surface area (Å²) in [7, 11) is 3.77. The molecule has 2 rings (SSSR count). The second-order valence-corrected chi connectivity index (χ2v) is 6.55. The summed E-state index contributed by atoms with van der Waals surface area (Å²) in [5.41, 5.74) is 0.994. The molecule has 0 spiro atoms. The first-order valence-corrected chi connectivity index (χ1v) is 7.42. The van der Waals surface area contributed by atoms with Crippen molar-refractivity contribution in [1.82, 2.24) is 10.3 Å². The lowest BCUT2D eigenvalue weighted by molar-refractivity contribution is 0.00773. The Kier molecular flexibility index (Phi) is 4.55. The molecule has 0 saturated carbocycles. The van der Waals surface area contributed by atoms with Gasteiger partial charge in [0, 0.05) is 19.6 Å². The number of likely N-dealkylation sites (N-methyl/N-ethyl adjacent to an activating group) is 1. The molecule has 3 nitrogen and oxygen atoms in total. The zero-order chi connectivity index (χ0) is 13.9. The molecule has 0 aliphatic heterocycles. The molecule has 0 radical (unpaired) electrons. The third-order valence-electron chi connectivity index (χ3n) is 3.46. The first-order chi connectivity index (χ1) is 9.04. The summed E-state index contributed by atoms with van der Waals surface area (Å²) in [6.07, 6.45) is 1.92. The van der Waals surface area contributed by atoms with Gasteiger partial charge in [-0.05, 0) is 39.4 Å². The minimum absolute atomic E-state index is 0.107. The van der Waals surface area contributed by atoms with Crippen LogP contribution in [0.3, 0.4) is 0 Å². The number of benzene rings is 1. The molecule has 0 fully saturated rings. The summed E-state index contributed by atoms with van der Waals surface area (Å²) in [4.78, 5) is 4.69. The molecular weight excluding hydrogens is 256 g/mol. The molecule has 0 bridgehead atoms. The minimum Gasteiger partial charge on any atom is -0.379 e. The number of aromatic nitrogens is 1. The van der Waals surface area contributed by atoms with E-state index in [0.29, 0.717) is 6.04 Å². The Morgan fingerprint density at radius 2 is 2.11 bits per heavy atom. The van der Waals surface area contributed by atoms with Gasteiger partial charge in [0.25, 0.3) is 0 Å². The molecule has 0 amide bonds. The largest absolute Gasteiger partial charge is 0.379 e. The Bertz CT molecular complexity index is 503.